The number of aromatic nitrogens is 1. The van der Waals surface area contributed by atoms with E-state index in [9.17, 15) is 9.59 Å². The minimum atomic E-state index is -0.151. The topological polar surface area (TPSA) is 84.7 Å². The van der Waals surface area contributed by atoms with Crippen molar-refractivity contribution in [2.75, 3.05) is 26.0 Å². The summed E-state index contributed by atoms with van der Waals surface area (Å²) >= 11 is 0. The van der Waals surface area contributed by atoms with Crippen LogP contribution in [0.2, 0.25) is 0 Å². The molecule has 2 amide bonds. The fraction of sp³-hybridized carbons (Fsp3) is 0.179. The van der Waals surface area contributed by atoms with E-state index in [4.69, 9.17) is 14.1 Å². The lowest BCUT2D eigenvalue weighted by Crippen LogP contribution is -2.27. The molecular weight excluding hydrogens is 442 g/mol. The van der Waals surface area contributed by atoms with Gasteiger partial charge in [0.2, 0.25) is 5.91 Å². The third-order valence-corrected chi connectivity index (χ3v) is 5.32. The van der Waals surface area contributed by atoms with Crippen LogP contribution < -0.4 is 10.1 Å². The monoisotopic (exact) mass is 469 g/mol. The summed E-state index contributed by atoms with van der Waals surface area (Å²) in [4.78, 5) is 30.3. The first-order valence-electron chi connectivity index (χ1n) is 11.3. The van der Waals surface area contributed by atoms with Gasteiger partial charge in [-0.1, -0.05) is 60.7 Å². The molecule has 0 bridgehead atoms. The van der Waals surface area contributed by atoms with Crippen molar-refractivity contribution >= 4 is 17.5 Å². The number of anilines is 1. The molecule has 0 saturated carbocycles. The van der Waals surface area contributed by atoms with Gasteiger partial charge in [0.05, 0.1) is 0 Å². The molecule has 7 nitrogen and oxygen atoms in total. The van der Waals surface area contributed by atoms with Gasteiger partial charge in [-0.2, -0.15) is 0 Å². The number of hydrogen-bond acceptors (Lipinski definition) is 5. The molecule has 0 saturated heterocycles. The van der Waals surface area contributed by atoms with Gasteiger partial charge in [-0.05, 0) is 24.3 Å². The molecule has 4 rings (SSSR count). The van der Waals surface area contributed by atoms with Gasteiger partial charge < -0.3 is 19.4 Å². The highest BCUT2D eigenvalue weighted by Crippen LogP contribution is 2.32. The van der Waals surface area contributed by atoms with E-state index in [2.05, 4.69) is 5.32 Å². The van der Waals surface area contributed by atoms with Crippen molar-refractivity contribution in [3.63, 3.8) is 0 Å². The Balaban J connectivity index is 1.38. The summed E-state index contributed by atoms with van der Waals surface area (Å²) < 4.78 is 11.6. The van der Waals surface area contributed by atoms with Gasteiger partial charge in [-0.25, -0.2) is 4.98 Å². The van der Waals surface area contributed by atoms with Crippen LogP contribution in [-0.2, 0) is 16.0 Å². The maximum atomic E-state index is 12.5. The first-order chi connectivity index (χ1) is 17.0. The molecule has 3 aromatic carbocycles. The third kappa shape index (κ3) is 6.35. The molecule has 0 aliphatic carbocycles. The highest BCUT2D eigenvalue weighted by molar-refractivity contribution is 5.90. The average molecular weight is 470 g/mol. The fourth-order valence-corrected chi connectivity index (χ4v) is 3.40. The summed E-state index contributed by atoms with van der Waals surface area (Å²) in [7, 11) is 3.35. The molecule has 0 spiro atoms. The second-order valence-electron chi connectivity index (χ2n) is 8.17. The molecule has 0 aliphatic rings. The molecule has 0 atom stereocenters. The maximum Gasteiger partial charge on any atom is 0.259 e. The first-order valence-corrected chi connectivity index (χ1v) is 11.3. The molecule has 1 N–H and O–H groups in total. The fourth-order valence-electron chi connectivity index (χ4n) is 3.40. The molecule has 0 aliphatic heterocycles. The van der Waals surface area contributed by atoms with Crippen LogP contribution in [0.1, 0.15) is 12.3 Å². The van der Waals surface area contributed by atoms with E-state index in [-0.39, 0.29) is 24.8 Å². The molecule has 35 heavy (non-hydrogen) atoms. The quantitative estimate of drug-likeness (QED) is 0.371. The number of hydrogen-bond donors (Lipinski definition) is 1. The number of nitrogens with one attached hydrogen (secondary N) is 1. The van der Waals surface area contributed by atoms with Crippen molar-refractivity contribution in [1.29, 1.82) is 0 Å². The van der Waals surface area contributed by atoms with Crippen LogP contribution in [0, 0.1) is 0 Å². The number of carbonyl (C=O) groups excluding carboxylic acids is 2. The summed E-state index contributed by atoms with van der Waals surface area (Å²) in [6.45, 7) is -0.0369. The van der Waals surface area contributed by atoms with Crippen molar-refractivity contribution in [3.05, 3.63) is 90.8 Å². The Morgan fingerprint density at radius 1 is 0.886 bits per heavy atom. The van der Waals surface area contributed by atoms with Crippen molar-refractivity contribution in [2.45, 2.75) is 12.8 Å². The molecule has 0 radical (unpaired) electrons. The number of carbonyl (C=O) groups is 2. The van der Waals surface area contributed by atoms with E-state index in [0.717, 1.165) is 16.8 Å². The largest absolute Gasteiger partial charge is 0.484 e. The van der Waals surface area contributed by atoms with Gasteiger partial charge >= 0.3 is 0 Å². The summed E-state index contributed by atoms with van der Waals surface area (Å²) in [5.41, 5.74) is 3.30. The van der Waals surface area contributed by atoms with Crippen LogP contribution >= 0.6 is 0 Å². The van der Waals surface area contributed by atoms with Crippen LogP contribution in [0.25, 0.3) is 22.6 Å². The zero-order chi connectivity index (χ0) is 24.6. The Kier molecular flexibility index (Phi) is 7.57. The number of nitrogens with zero attached hydrogens (tertiary/aromatic N) is 2. The van der Waals surface area contributed by atoms with Crippen LogP contribution in [-0.4, -0.2) is 42.4 Å². The Labute approximate surface area is 204 Å². The Morgan fingerprint density at radius 2 is 1.51 bits per heavy atom. The number of likely N-dealkylation sites (N-methyl/N-ethyl adjacent to an activating group) is 1. The summed E-state index contributed by atoms with van der Waals surface area (Å²) in [6.07, 6.45) is 0.588. The van der Waals surface area contributed by atoms with Gasteiger partial charge in [0.15, 0.2) is 18.3 Å². The maximum absolute atomic E-state index is 12.5. The van der Waals surface area contributed by atoms with Crippen LogP contribution in [0.15, 0.2) is 89.3 Å². The number of rotatable bonds is 9. The molecule has 0 unspecified atom stereocenters. The van der Waals surface area contributed by atoms with Crippen molar-refractivity contribution in [2.24, 2.45) is 0 Å². The number of ether oxygens (including phenoxy) is 1. The smallest absolute Gasteiger partial charge is 0.259 e. The molecule has 7 heteroatoms. The van der Waals surface area contributed by atoms with E-state index < -0.39 is 0 Å². The number of aryl methyl sites for hydroxylation is 1. The standard InChI is InChI=1S/C28H27N3O4/c1-31(2)26(33)19-34-23-15-13-22(14-16-23)29-24(32)17-18-25-30-27(20-9-5-3-6-10-20)28(35-25)21-11-7-4-8-12-21/h3-16H,17-19H2,1-2H3,(H,29,32). The Bertz CT molecular complexity index is 1210. The summed E-state index contributed by atoms with van der Waals surface area (Å²) in [5, 5.41) is 2.87. The predicted molar refractivity (Wildman–Crippen MR) is 135 cm³/mol. The van der Waals surface area contributed by atoms with Crippen LogP contribution in [0.3, 0.4) is 0 Å². The zero-order valence-electron chi connectivity index (χ0n) is 19.7. The number of oxazole rings is 1. The molecule has 178 valence electrons. The second kappa shape index (κ2) is 11.2. The van der Waals surface area contributed by atoms with E-state index in [1.165, 1.54) is 4.90 Å². The van der Waals surface area contributed by atoms with E-state index in [1.54, 1.807) is 38.4 Å². The lowest BCUT2D eigenvalue weighted by atomic mass is 10.1. The van der Waals surface area contributed by atoms with Gasteiger partial charge in [-0.3, -0.25) is 9.59 Å². The van der Waals surface area contributed by atoms with Crippen LogP contribution in [0.5, 0.6) is 5.75 Å². The molecule has 1 aromatic heterocycles. The van der Waals surface area contributed by atoms with Crippen molar-refractivity contribution in [3.8, 4) is 28.3 Å². The van der Waals surface area contributed by atoms with Gasteiger partial charge in [0.25, 0.3) is 5.91 Å². The number of benzene rings is 3. The average Bonchev–Trinajstić information content (AvgIpc) is 3.32. The van der Waals surface area contributed by atoms with Gasteiger partial charge in [0.1, 0.15) is 11.4 Å². The summed E-state index contributed by atoms with van der Waals surface area (Å²) in [5.74, 6) is 1.48. The lowest BCUT2D eigenvalue weighted by Gasteiger charge is -2.11. The SMILES string of the molecule is CN(C)C(=O)COc1ccc(NC(=O)CCc2nc(-c3ccccc3)c(-c3ccccc3)o2)cc1. The van der Waals surface area contributed by atoms with Crippen molar-refractivity contribution in [1.82, 2.24) is 9.88 Å². The molecular formula is C28H27N3O4. The Hall–Kier alpha value is -4.39. The van der Waals surface area contributed by atoms with E-state index >= 15 is 0 Å². The molecule has 4 aromatic rings. The van der Waals surface area contributed by atoms with Gasteiger partial charge in [-0.15, -0.1) is 0 Å². The molecule has 0 fully saturated rings. The normalized spacial score (nSPS) is 10.6. The zero-order valence-corrected chi connectivity index (χ0v) is 19.7. The van der Waals surface area contributed by atoms with Crippen LogP contribution in [0.4, 0.5) is 5.69 Å². The lowest BCUT2D eigenvalue weighted by molar-refractivity contribution is -0.130. The van der Waals surface area contributed by atoms with Gasteiger partial charge in [0, 0.05) is 43.8 Å². The number of amides is 2. The Morgan fingerprint density at radius 3 is 2.14 bits per heavy atom. The summed E-state index contributed by atoms with van der Waals surface area (Å²) in [6, 6.07) is 26.6. The van der Waals surface area contributed by atoms with E-state index in [0.29, 0.717) is 29.5 Å². The molecule has 1 heterocycles. The third-order valence-electron chi connectivity index (χ3n) is 5.32. The highest BCUT2D eigenvalue weighted by Gasteiger charge is 2.17. The first kappa shape index (κ1) is 23.8. The minimum absolute atomic E-state index is 0.0369. The minimum Gasteiger partial charge on any atom is -0.484 e. The van der Waals surface area contributed by atoms with E-state index in [1.807, 2.05) is 60.7 Å². The van der Waals surface area contributed by atoms with Crippen molar-refractivity contribution < 1.29 is 18.7 Å². The second-order valence-corrected chi connectivity index (χ2v) is 8.17. The predicted octanol–water partition coefficient (Wildman–Crippen LogP) is 5.05. The highest BCUT2D eigenvalue weighted by atomic mass is 16.5.